The number of hydrogen-bond acceptors (Lipinski definition) is 3. The van der Waals surface area contributed by atoms with Gasteiger partial charge in [-0.05, 0) is 42.7 Å². The van der Waals surface area contributed by atoms with Gasteiger partial charge in [0.1, 0.15) is 0 Å². The summed E-state index contributed by atoms with van der Waals surface area (Å²) in [5.41, 5.74) is 4.08. The number of nitrogens with one attached hydrogen (secondary N) is 2. The molecule has 0 saturated heterocycles. The van der Waals surface area contributed by atoms with E-state index in [1.54, 1.807) is 11.3 Å². The maximum Gasteiger partial charge on any atom is 0.0794 e. The van der Waals surface area contributed by atoms with E-state index < -0.39 is 0 Å². The average molecular weight is 261 g/mol. The number of H-pyrrole nitrogens is 1. The fourth-order valence-corrected chi connectivity index (χ4v) is 3.26. The van der Waals surface area contributed by atoms with Crippen molar-refractivity contribution in [2.45, 2.75) is 45.2 Å². The van der Waals surface area contributed by atoms with Crippen LogP contribution in [0.25, 0.3) is 0 Å². The summed E-state index contributed by atoms with van der Waals surface area (Å²) in [7, 11) is 0. The summed E-state index contributed by atoms with van der Waals surface area (Å²) >= 11 is 1.80. The number of aryl methyl sites for hydroxylation is 1. The fourth-order valence-electron chi connectivity index (χ4n) is 2.59. The van der Waals surface area contributed by atoms with Crippen LogP contribution >= 0.6 is 11.3 Å². The van der Waals surface area contributed by atoms with E-state index in [4.69, 9.17) is 0 Å². The van der Waals surface area contributed by atoms with Gasteiger partial charge in [0.25, 0.3) is 0 Å². The first kappa shape index (κ1) is 11.9. The molecule has 2 aromatic rings. The molecule has 0 unspecified atom stereocenters. The molecule has 0 amide bonds. The maximum absolute atomic E-state index is 4.47. The van der Waals surface area contributed by atoms with E-state index in [0.717, 1.165) is 13.1 Å². The van der Waals surface area contributed by atoms with Crippen LogP contribution in [-0.4, -0.2) is 10.2 Å². The predicted molar refractivity (Wildman–Crippen MR) is 74.7 cm³/mol. The van der Waals surface area contributed by atoms with Crippen molar-refractivity contribution in [2.24, 2.45) is 0 Å². The Morgan fingerprint density at radius 3 is 3.06 bits per heavy atom. The first-order chi connectivity index (χ1) is 8.93. The number of aromatic amines is 1. The van der Waals surface area contributed by atoms with Gasteiger partial charge in [-0.15, -0.1) is 11.3 Å². The molecule has 0 saturated carbocycles. The Morgan fingerprint density at radius 2 is 2.17 bits per heavy atom. The van der Waals surface area contributed by atoms with Gasteiger partial charge in [-0.25, -0.2) is 0 Å². The Balaban J connectivity index is 1.61. The zero-order chi connectivity index (χ0) is 12.2. The van der Waals surface area contributed by atoms with E-state index in [-0.39, 0.29) is 0 Å². The molecule has 4 heteroatoms. The van der Waals surface area contributed by atoms with Gasteiger partial charge < -0.3 is 5.32 Å². The molecule has 96 valence electrons. The first-order valence-electron chi connectivity index (χ1n) is 6.71. The van der Waals surface area contributed by atoms with E-state index in [1.807, 2.05) is 0 Å². The highest BCUT2D eigenvalue weighted by Gasteiger charge is 2.14. The molecule has 1 aliphatic carbocycles. The summed E-state index contributed by atoms with van der Waals surface area (Å²) in [6.45, 7) is 1.82. The molecule has 0 spiro atoms. The van der Waals surface area contributed by atoms with Crippen molar-refractivity contribution >= 4 is 11.3 Å². The van der Waals surface area contributed by atoms with Crippen LogP contribution in [0.5, 0.6) is 0 Å². The molecule has 3 rings (SSSR count). The Hall–Kier alpha value is -1.13. The van der Waals surface area contributed by atoms with Gasteiger partial charge in [0.05, 0.1) is 5.69 Å². The molecular formula is C14H19N3S. The zero-order valence-electron chi connectivity index (χ0n) is 10.5. The summed E-state index contributed by atoms with van der Waals surface area (Å²) in [6, 6.07) is 4.27. The highest BCUT2D eigenvalue weighted by Crippen LogP contribution is 2.21. The molecule has 0 bridgehead atoms. The monoisotopic (exact) mass is 261 g/mol. The van der Waals surface area contributed by atoms with Crippen molar-refractivity contribution in [2.75, 3.05) is 0 Å². The molecule has 2 aromatic heterocycles. The largest absolute Gasteiger partial charge is 0.306 e. The molecule has 0 aromatic carbocycles. The maximum atomic E-state index is 4.47. The van der Waals surface area contributed by atoms with Crippen molar-refractivity contribution < 1.29 is 0 Å². The molecular weight excluding hydrogens is 242 g/mol. The fraction of sp³-hybridized carbons (Fsp3) is 0.500. The number of nitrogens with zero attached hydrogens (tertiary/aromatic N) is 1. The number of rotatable bonds is 4. The van der Waals surface area contributed by atoms with E-state index in [9.17, 15) is 0 Å². The number of hydrogen-bond donors (Lipinski definition) is 2. The lowest BCUT2D eigenvalue weighted by atomic mass is 10.1. The Morgan fingerprint density at radius 1 is 1.22 bits per heavy atom. The minimum atomic E-state index is 0.879. The SMILES string of the molecule is c1csc(CNCc2n[nH]c3c2CCCCC3)c1. The highest BCUT2D eigenvalue weighted by molar-refractivity contribution is 7.09. The normalized spacial score (nSPS) is 15.3. The third kappa shape index (κ3) is 2.65. The van der Waals surface area contributed by atoms with Crippen molar-refractivity contribution in [1.82, 2.24) is 15.5 Å². The average Bonchev–Trinajstić information content (AvgIpc) is 2.96. The highest BCUT2D eigenvalue weighted by atomic mass is 32.1. The lowest BCUT2D eigenvalue weighted by Gasteiger charge is -2.03. The number of fused-ring (bicyclic) bond motifs is 1. The molecule has 3 nitrogen and oxygen atoms in total. The van der Waals surface area contributed by atoms with Gasteiger partial charge in [0.15, 0.2) is 0 Å². The van der Waals surface area contributed by atoms with Crippen LogP contribution in [0.15, 0.2) is 17.5 Å². The summed E-state index contributed by atoms with van der Waals surface area (Å²) in [6.07, 6.45) is 6.33. The van der Waals surface area contributed by atoms with Crippen LogP contribution in [0.3, 0.4) is 0 Å². The smallest absolute Gasteiger partial charge is 0.0794 e. The molecule has 2 heterocycles. The molecule has 2 N–H and O–H groups in total. The Kier molecular flexibility index (Phi) is 3.76. The van der Waals surface area contributed by atoms with Crippen molar-refractivity contribution in [3.63, 3.8) is 0 Å². The van der Waals surface area contributed by atoms with Crippen molar-refractivity contribution in [3.05, 3.63) is 39.3 Å². The Labute approximate surface area is 112 Å². The van der Waals surface area contributed by atoms with E-state index in [2.05, 4.69) is 33.0 Å². The third-order valence-corrected chi connectivity index (χ3v) is 4.44. The van der Waals surface area contributed by atoms with E-state index in [1.165, 1.54) is 53.9 Å². The Bertz CT molecular complexity index is 487. The standard InChI is InChI=1S/C14H19N3S/c1-2-6-12-13(7-3-1)16-17-14(12)10-15-9-11-5-4-8-18-11/h4-5,8,15H,1-3,6-7,9-10H2,(H,16,17). The molecule has 0 radical (unpaired) electrons. The van der Waals surface area contributed by atoms with Crippen LogP contribution in [0, 0.1) is 0 Å². The predicted octanol–water partition coefficient (Wildman–Crippen LogP) is 3.03. The van der Waals surface area contributed by atoms with Gasteiger partial charge in [-0.2, -0.15) is 5.10 Å². The summed E-state index contributed by atoms with van der Waals surface area (Å²) < 4.78 is 0. The van der Waals surface area contributed by atoms with E-state index >= 15 is 0 Å². The second-order valence-electron chi connectivity index (χ2n) is 4.87. The van der Waals surface area contributed by atoms with Gasteiger partial charge in [-0.3, -0.25) is 5.10 Å². The van der Waals surface area contributed by atoms with Crippen LogP contribution < -0.4 is 5.32 Å². The van der Waals surface area contributed by atoms with Crippen molar-refractivity contribution in [3.8, 4) is 0 Å². The van der Waals surface area contributed by atoms with Gasteiger partial charge in [-0.1, -0.05) is 12.5 Å². The molecule has 0 fully saturated rings. The van der Waals surface area contributed by atoms with Crippen LogP contribution in [0.2, 0.25) is 0 Å². The van der Waals surface area contributed by atoms with Crippen molar-refractivity contribution in [1.29, 1.82) is 0 Å². The lowest BCUT2D eigenvalue weighted by molar-refractivity contribution is 0.665. The lowest BCUT2D eigenvalue weighted by Crippen LogP contribution is -2.13. The summed E-state index contributed by atoms with van der Waals surface area (Å²) in [5.74, 6) is 0. The summed E-state index contributed by atoms with van der Waals surface area (Å²) in [5, 5.41) is 13.3. The second kappa shape index (κ2) is 5.67. The zero-order valence-corrected chi connectivity index (χ0v) is 11.4. The van der Waals surface area contributed by atoms with Crippen LogP contribution in [0.1, 0.15) is 41.1 Å². The quantitative estimate of drug-likeness (QED) is 0.831. The topological polar surface area (TPSA) is 40.7 Å². The molecule has 18 heavy (non-hydrogen) atoms. The minimum Gasteiger partial charge on any atom is -0.306 e. The minimum absolute atomic E-state index is 0.879. The molecule has 0 aliphatic heterocycles. The van der Waals surface area contributed by atoms with Crippen LogP contribution in [-0.2, 0) is 25.9 Å². The molecule has 0 atom stereocenters. The summed E-state index contributed by atoms with van der Waals surface area (Å²) in [4.78, 5) is 1.39. The first-order valence-corrected chi connectivity index (χ1v) is 7.59. The van der Waals surface area contributed by atoms with E-state index in [0.29, 0.717) is 0 Å². The third-order valence-electron chi connectivity index (χ3n) is 3.56. The van der Waals surface area contributed by atoms with Gasteiger partial charge in [0, 0.05) is 23.7 Å². The van der Waals surface area contributed by atoms with Crippen LogP contribution in [0.4, 0.5) is 0 Å². The number of aromatic nitrogens is 2. The van der Waals surface area contributed by atoms with Gasteiger partial charge in [0.2, 0.25) is 0 Å². The van der Waals surface area contributed by atoms with Gasteiger partial charge >= 0.3 is 0 Å². The molecule has 1 aliphatic rings. The number of thiophene rings is 1. The second-order valence-corrected chi connectivity index (χ2v) is 5.90.